The van der Waals surface area contributed by atoms with Gasteiger partial charge in [0.15, 0.2) is 6.10 Å². The number of thioether (sulfide) groups is 1. The third kappa shape index (κ3) is 6.08. The van der Waals surface area contributed by atoms with Crippen molar-refractivity contribution in [3.63, 3.8) is 0 Å². The molecule has 180 valence electrons. The van der Waals surface area contributed by atoms with Gasteiger partial charge in [-0.3, -0.25) is 19.9 Å². The molecular formula is C27H26N2O5S. The van der Waals surface area contributed by atoms with Crippen molar-refractivity contribution < 1.29 is 23.9 Å². The van der Waals surface area contributed by atoms with E-state index in [9.17, 15) is 14.4 Å². The minimum atomic E-state index is -0.826. The van der Waals surface area contributed by atoms with Crippen molar-refractivity contribution in [2.45, 2.75) is 37.5 Å². The van der Waals surface area contributed by atoms with Crippen LogP contribution in [0.25, 0.3) is 0 Å². The number of ether oxygens (including phenoxy) is 2. The van der Waals surface area contributed by atoms with Crippen LogP contribution in [0.1, 0.15) is 47.1 Å². The molecule has 7 nitrogen and oxygen atoms in total. The Kier molecular flexibility index (Phi) is 7.51. The number of hydrogen-bond acceptors (Lipinski definition) is 7. The highest BCUT2D eigenvalue weighted by Crippen LogP contribution is 2.35. The Morgan fingerprint density at radius 1 is 1.06 bits per heavy atom. The quantitative estimate of drug-likeness (QED) is 0.426. The number of aryl methyl sites for hydroxylation is 1. The standard InChI is InChI=1S/C27H26N2O5S/c1-3-21-12-11-20(16-28-21)23(34-24(30)19-7-5-4-6-8-19)17-33-22-13-9-18(10-14-22)15-27(2)25(31)29-26(32)35-27/h4-14,16,23H,3,15,17H2,1-2H3,(H,29,31,32). The monoisotopic (exact) mass is 490 g/mol. The van der Waals surface area contributed by atoms with E-state index in [0.717, 1.165) is 35.0 Å². The van der Waals surface area contributed by atoms with E-state index in [1.54, 1.807) is 49.5 Å². The number of amides is 2. The number of benzene rings is 2. The molecule has 35 heavy (non-hydrogen) atoms. The lowest BCUT2D eigenvalue weighted by molar-refractivity contribution is -0.121. The number of nitrogens with one attached hydrogen (secondary N) is 1. The number of esters is 1. The molecule has 0 aliphatic carbocycles. The van der Waals surface area contributed by atoms with Crippen LogP contribution < -0.4 is 10.1 Å². The molecule has 1 saturated heterocycles. The largest absolute Gasteiger partial charge is 0.489 e. The van der Waals surface area contributed by atoms with Gasteiger partial charge in [0.1, 0.15) is 17.1 Å². The number of nitrogens with zero attached hydrogens (tertiary/aromatic N) is 1. The van der Waals surface area contributed by atoms with Crippen molar-refractivity contribution in [3.05, 3.63) is 95.3 Å². The Labute approximate surface area is 208 Å². The summed E-state index contributed by atoms with van der Waals surface area (Å²) in [5, 5.41) is 2.01. The van der Waals surface area contributed by atoms with Gasteiger partial charge in [-0.25, -0.2) is 4.79 Å². The average molecular weight is 491 g/mol. The van der Waals surface area contributed by atoms with Gasteiger partial charge >= 0.3 is 5.97 Å². The molecule has 8 heteroatoms. The molecule has 3 aromatic rings. The summed E-state index contributed by atoms with van der Waals surface area (Å²) >= 11 is 1.01. The zero-order valence-corrected chi connectivity index (χ0v) is 20.3. The second-order valence-electron chi connectivity index (χ2n) is 8.40. The number of aromatic nitrogens is 1. The van der Waals surface area contributed by atoms with E-state index in [4.69, 9.17) is 9.47 Å². The van der Waals surface area contributed by atoms with Gasteiger partial charge < -0.3 is 9.47 Å². The third-order valence-electron chi connectivity index (χ3n) is 5.72. The minimum Gasteiger partial charge on any atom is -0.489 e. The minimum absolute atomic E-state index is 0.107. The number of rotatable bonds is 9. The summed E-state index contributed by atoms with van der Waals surface area (Å²) in [6.07, 6.45) is 2.29. The highest BCUT2D eigenvalue weighted by atomic mass is 32.2. The van der Waals surface area contributed by atoms with Crippen LogP contribution in [0.3, 0.4) is 0 Å². The topological polar surface area (TPSA) is 94.6 Å². The first-order valence-corrected chi connectivity index (χ1v) is 12.1. The first-order valence-electron chi connectivity index (χ1n) is 11.3. The van der Waals surface area contributed by atoms with Crippen molar-refractivity contribution in [2.24, 2.45) is 0 Å². The van der Waals surface area contributed by atoms with Crippen molar-refractivity contribution in [3.8, 4) is 5.75 Å². The van der Waals surface area contributed by atoms with Crippen LogP contribution in [0, 0.1) is 0 Å². The van der Waals surface area contributed by atoms with Gasteiger partial charge in [0.05, 0.1) is 5.56 Å². The molecule has 0 bridgehead atoms. The van der Waals surface area contributed by atoms with E-state index in [0.29, 0.717) is 17.7 Å². The first kappa shape index (κ1) is 24.5. The number of carbonyl (C=O) groups is 3. The SMILES string of the molecule is CCc1ccc(C(COc2ccc(CC3(C)SC(=O)NC3=O)cc2)OC(=O)c2ccccc2)cn1. The summed E-state index contributed by atoms with van der Waals surface area (Å²) < 4.78 is 10.9. The van der Waals surface area contributed by atoms with Gasteiger partial charge in [-0.2, -0.15) is 0 Å². The van der Waals surface area contributed by atoms with E-state index in [2.05, 4.69) is 10.3 Å². The van der Waals surface area contributed by atoms with Crippen molar-refractivity contribution >= 4 is 28.9 Å². The summed E-state index contributed by atoms with van der Waals surface area (Å²) in [4.78, 5) is 40.8. The molecule has 2 heterocycles. The van der Waals surface area contributed by atoms with Gasteiger partial charge in [-0.15, -0.1) is 0 Å². The van der Waals surface area contributed by atoms with Gasteiger partial charge in [0.2, 0.25) is 5.91 Å². The zero-order valence-electron chi connectivity index (χ0n) is 19.5. The molecule has 2 aromatic carbocycles. The molecule has 0 spiro atoms. The van der Waals surface area contributed by atoms with E-state index in [1.807, 2.05) is 37.3 Å². The van der Waals surface area contributed by atoms with Crippen molar-refractivity contribution in [1.82, 2.24) is 10.3 Å². The lowest BCUT2D eigenvalue weighted by atomic mass is 9.99. The van der Waals surface area contributed by atoms with Crippen molar-refractivity contribution in [2.75, 3.05) is 6.61 Å². The third-order valence-corrected chi connectivity index (χ3v) is 6.79. The van der Waals surface area contributed by atoms with Crippen LogP contribution >= 0.6 is 11.8 Å². The van der Waals surface area contributed by atoms with E-state index < -0.39 is 16.8 Å². The smallest absolute Gasteiger partial charge is 0.338 e. The Bertz CT molecular complexity index is 1200. The van der Waals surface area contributed by atoms with Crippen LogP contribution in [-0.2, 0) is 22.4 Å². The maximum absolute atomic E-state index is 12.7. The highest BCUT2D eigenvalue weighted by Gasteiger charge is 2.43. The van der Waals surface area contributed by atoms with Crippen LogP contribution in [0.15, 0.2) is 72.9 Å². The Balaban J connectivity index is 1.44. The highest BCUT2D eigenvalue weighted by molar-refractivity contribution is 8.16. The molecule has 1 fully saturated rings. The van der Waals surface area contributed by atoms with Crippen molar-refractivity contribution in [1.29, 1.82) is 0 Å². The first-order chi connectivity index (χ1) is 16.9. The molecule has 0 radical (unpaired) electrons. The fraction of sp³-hybridized carbons (Fsp3) is 0.259. The molecule has 2 amide bonds. The Morgan fingerprint density at radius 3 is 2.40 bits per heavy atom. The Morgan fingerprint density at radius 2 is 1.80 bits per heavy atom. The fourth-order valence-electron chi connectivity index (χ4n) is 3.69. The predicted molar refractivity (Wildman–Crippen MR) is 133 cm³/mol. The number of carbonyl (C=O) groups excluding carboxylic acids is 3. The van der Waals surface area contributed by atoms with Gasteiger partial charge in [-0.05, 0) is 67.4 Å². The van der Waals surface area contributed by atoms with Gasteiger partial charge in [0, 0.05) is 17.5 Å². The van der Waals surface area contributed by atoms with E-state index in [-0.39, 0.29) is 17.8 Å². The summed E-state index contributed by atoms with van der Waals surface area (Å²) in [6, 6.07) is 19.9. The number of pyridine rings is 1. The number of hydrogen-bond donors (Lipinski definition) is 1. The molecule has 0 saturated carbocycles. The molecule has 1 aliphatic heterocycles. The van der Waals surface area contributed by atoms with Gasteiger partial charge in [0.25, 0.3) is 5.24 Å². The summed E-state index contributed by atoms with van der Waals surface area (Å²) in [6.45, 7) is 3.89. The summed E-state index contributed by atoms with van der Waals surface area (Å²) in [7, 11) is 0. The lowest BCUT2D eigenvalue weighted by Crippen LogP contribution is -2.35. The molecule has 2 atom stereocenters. The van der Waals surface area contributed by atoms with Crippen LogP contribution in [0.5, 0.6) is 5.75 Å². The maximum atomic E-state index is 12.7. The second kappa shape index (κ2) is 10.7. The zero-order chi connectivity index (χ0) is 24.8. The van der Waals surface area contributed by atoms with E-state index in [1.165, 1.54) is 0 Å². The van der Waals surface area contributed by atoms with Crippen LogP contribution in [-0.4, -0.2) is 33.5 Å². The second-order valence-corrected chi connectivity index (χ2v) is 9.88. The predicted octanol–water partition coefficient (Wildman–Crippen LogP) is 4.91. The molecule has 1 aromatic heterocycles. The normalized spacial score (nSPS) is 18.1. The van der Waals surface area contributed by atoms with E-state index >= 15 is 0 Å². The molecule has 1 aliphatic rings. The molecule has 1 N–H and O–H groups in total. The maximum Gasteiger partial charge on any atom is 0.338 e. The fourth-order valence-corrected chi connectivity index (χ4v) is 4.62. The molecular weight excluding hydrogens is 464 g/mol. The molecule has 4 rings (SSSR count). The average Bonchev–Trinajstić information content (AvgIpc) is 3.13. The Hall–Kier alpha value is -3.65. The summed E-state index contributed by atoms with van der Waals surface area (Å²) in [5.74, 6) is -0.125. The van der Waals surface area contributed by atoms with Crippen LogP contribution in [0.4, 0.5) is 4.79 Å². The van der Waals surface area contributed by atoms with Crippen LogP contribution in [0.2, 0.25) is 0 Å². The summed E-state index contributed by atoms with van der Waals surface area (Å²) in [5.41, 5.74) is 3.05. The van der Waals surface area contributed by atoms with Gasteiger partial charge in [-0.1, -0.05) is 43.3 Å². The molecule has 2 unspecified atom stereocenters. The number of imide groups is 1. The lowest BCUT2D eigenvalue weighted by Gasteiger charge is -2.20.